The fourth-order valence-electron chi connectivity index (χ4n) is 2.09. The molecule has 1 aromatic heterocycles. The van der Waals surface area contributed by atoms with Gasteiger partial charge >= 0.3 is 0 Å². The Kier molecular flexibility index (Phi) is 5.91. The van der Waals surface area contributed by atoms with Gasteiger partial charge in [0.15, 0.2) is 0 Å². The molecule has 0 spiro atoms. The lowest BCUT2D eigenvalue weighted by atomic mass is 10.1. The maximum atomic E-state index is 11.7. The van der Waals surface area contributed by atoms with E-state index < -0.39 is 6.10 Å². The van der Waals surface area contributed by atoms with Gasteiger partial charge in [-0.25, -0.2) is 0 Å². The molecule has 1 amide bonds. The van der Waals surface area contributed by atoms with E-state index in [9.17, 15) is 9.90 Å². The first kappa shape index (κ1) is 15.2. The third-order valence-corrected chi connectivity index (χ3v) is 3.24. The monoisotopic (exact) mass is 284 g/mol. The van der Waals surface area contributed by atoms with Crippen LogP contribution in [0.2, 0.25) is 0 Å². The van der Waals surface area contributed by atoms with Crippen molar-refractivity contribution < 1.29 is 9.90 Å². The molecule has 0 bridgehead atoms. The molecule has 0 aliphatic carbocycles. The second kappa shape index (κ2) is 8.17. The van der Waals surface area contributed by atoms with E-state index in [4.69, 9.17) is 0 Å². The fraction of sp³-hybridized carbons (Fsp3) is 0.294. The zero-order valence-electron chi connectivity index (χ0n) is 11.9. The van der Waals surface area contributed by atoms with Crippen LogP contribution >= 0.6 is 0 Å². The number of carbonyl (C=O) groups excluding carboxylic acids is 1. The van der Waals surface area contributed by atoms with Crippen molar-refractivity contribution in [3.05, 3.63) is 66.0 Å². The number of aryl methyl sites for hydroxylation is 1. The second-order valence-corrected chi connectivity index (χ2v) is 5.00. The van der Waals surface area contributed by atoms with Gasteiger partial charge < -0.3 is 10.4 Å². The van der Waals surface area contributed by atoms with Crippen molar-refractivity contribution in [1.29, 1.82) is 0 Å². The first-order valence-corrected chi connectivity index (χ1v) is 7.11. The Hall–Kier alpha value is -2.20. The van der Waals surface area contributed by atoms with Gasteiger partial charge in [-0.3, -0.25) is 9.78 Å². The van der Waals surface area contributed by atoms with E-state index in [-0.39, 0.29) is 12.5 Å². The minimum atomic E-state index is -0.558. The van der Waals surface area contributed by atoms with Crippen molar-refractivity contribution in [2.75, 3.05) is 6.54 Å². The van der Waals surface area contributed by atoms with E-state index >= 15 is 0 Å². The molecule has 21 heavy (non-hydrogen) atoms. The van der Waals surface area contributed by atoms with Crippen LogP contribution in [-0.4, -0.2) is 28.6 Å². The van der Waals surface area contributed by atoms with Crippen LogP contribution in [0.4, 0.5) is 0 Å². The van der Waals surface area contributed by atoms with Crippen LogP contribution in [0.5, 0.6) is 0 Å². The Morgan fingerprint density at radius 1 is 1.10 bits per heavy atom. The number of nitrogens with zero attached hydrogens (tertiary/aromatic N) is 1. The number of nitrogens with one attached hydrogen (secondary N) is 1. The Morgan fingerprint density at radius 3 is 2.52 bits per heavy atom. The molecule has 1 heterocycles. The van der Waals surface area contributed by atoms with Crippen molar-refractivity contribution in [2.45, 2.75) is 25.4 Å². The molecule has 2 aromatic rings. The normalized spacial score (nSPS) is 11.9. The van der Waals surface area contributed by atoms with Crippen LogP contribution in [0, 0.1) is 0 Å². The standard InChI is InChI=1S/C17H20N2O2/c20-16(12-15-4-2-1-3-5-15)13-19-17(21)7-6-14-8-10-18-11-9-14/h1-5,8-11,16,20H,6-7,12-13H2,(H,19,21). The lowest BCUT2D eigenvalue weighted by molar-refractivity contribution is -0.121. The number of rotatable bonds is 7. The van der Waals surface area contributed by atoms with Gasteiger partial charge in [-0.1, -0.05) is 30.3 Å². The molecule has 2 rings (SSSR count). The number of pyridine rings is 1. The quantitative estimate of drug-likeness (QED) is 0.814. The highest BCUT2D eigenvalue weighted by molar-refractivity contribution is 5.76. The average Bonchev–Trinajstić information content (AvgIpc) is 2.53. The first-order chi connectivity index (χ1) is 10.2. The van der Waals surface area contributed by atoms with Crippen molar-refractivity contribution in [3.8, 4) is 0 Å². The highest BCUT2D eigenvalue weighted by atomic mass is 16.3. The molecule has 0 aliphatic heterocycles. The molecular formula is C17H20N2O2. The summed E-state index contributed by atoms with van der Waals surface area (Å²) < 4.78 is 0. The third kappa shape index (κ3) is 5.75. The molecule has 1 atom stereocenters. The van der Waals surface area contributed by atoms with Crippen molar-refractivity contribution in [2.24, 2.45) is 0 Å². The number of carbonyl (C=O) groups is 1. The van der Waals surface area contributed by atoms with E-state index in [1.54, 1.807) is 12.4 Å². The Balaban J connectivity index is 1.66. The molecule has 0 radical (unpaired) electrons. The molecule has 0 fully saturated rings. The Bertz CT molecular complexity index is 543. The predicted octanol–water partition coefficient (Wildman–Crippen LogP) is 1.73. The van der Waals surface area contributed by atoms with E-state index in [2.05, 4.69) is 10.3 Å². The molecule has 1 aromatic carbocycles. The molecule has 2 N–H and O–H groups in total. The van der Waals surface area contributed by atoms with Gasteiger partial charge in [0.25, 0.3) is 0 Å². The molecule has 0 aliphatic rings. The fourth-order valence-corrected chi connectivity index (χ4v) is 2.09. The summed E-state index contributed by atoms with van der Waals surface area (Å²) in [4.78, 5) is 15.7. The van der Waals surface area contributed by atoms with E-state index in [1.807, 2.05) is 42.5 Å². The molecule has 4 heteroatoms. The van der Waals surface area contributed by atoms with Gasteiger partial charge in [0.05, 0.1) is 6.10 Å². The smallest absolute Gasteiger partial charge is 0.220 e. The van der Waals surface area contributed by atoms with Crippen molar-refractivity contribution in [3.63, 3.8) is 0 Å². The van der Waals surface area contributed by atoms with Crippen LogP contribution in [-0.2, 0) is 17.6 Å². The van der Waals surface area contributed by atoms with Gasteiger partial charge in [0.1, 0.15) is 0 Å². The van der Waals surface area contributed by atoms with Crippen LogP contribution in [0.15, 0.2) is 54.9 Å². The number of aliphatic hydroxyl groups is 1. The molecule has 0 saturated carbocycles. The summed E-state index contributed by atoms with van der Waals surface area (Å²) in [6, 6.07) is 13.6. The maximum Gasteiger partial charge on any atom is 0.220 e. The zero-order valence-corrected chi connectivity index (χ0v) is 11.9. The minimum Gasteiger partial charge on any atom is -0.391 e. The maximum absolute atomic E-state index is 11.7. The van der Waals surface area contributed by atoms with Crippen molar-refractivity contribution in [1.82, 2.24) is 10.3 Å². The number of aromatic nitrogens is 1. The largest absolute Gasteiger partial charge is 0.391 e. The Labute approximate surface area is 124 Å². The number of amides is 1. The van der Waals surface area contributed by atoms with Gasteiger partial charge in [-0.2, -0.15) is 0 Å². The lowest BCUT2D eigenvalue weighted by Crippen LogP contribution is -2.33. The Morgan fingerprint density at radius 2 is 1.81 bits per heavy atom. The summed E-state index contributed by atoms with van der Waals surface area (Å²) in [5.74, 6) is -0.0427. The zero-order chi connectivity index (χ0) is 14.9. The average molecular weight is 284 g/mol. The highest BCUT2D eigenvalue weighted by Crippen LogP contribution is 2.03. The first-order valence-electron chi connectivity index (χ1n) is 7.11. The SMILES string of the molecule is O=C(CCc1ccncc1)NCC(O)Cc1ccccc1. The van der Waals surface area contributed by atoms with Gasteiger partial charge in [-0.05, 0) is 29.7 Å². The van der Waals surface area contributed by atoms with Gasteiger partial charge in [-0.15, -0.1) is 0 Å². The number of aliphatic hydroxyl groups excluding tert-OH is 1. The van der Waals surface area contributed by atoms with Gasteiger partial charge in [0.2, 0.25) is 5.91 Å². The summed E-state index contributed by atoms with van der Waals surface area (Å²) >= 11 is 0. The summed E-state index contributed by atoms with van der Waals surface area (Å²) in [5, 5.41) is 12.7. The number of hydrogen-bond donors (Lipinski definition) is 2. The van der Waals surface area contributed by atoms with Gasteiger partial charge in [0, 0.05) is 31.8 Å². The summed E-state index contributed by atoms with van der Waals surface area (Å²) in [6.45, 7) is 0.282. The highest BCUT2D eigenvalue weighted by Gasteiger charge is 2.08. The third-order valence-electron chi connectivity index (χ3n) is 3.24. The summed E-state index contributed by atoms with van der Waals surface area (Å²) in [7, 11) is 0. The molecule has 1 unspecified atom stereocenters. The molecule has 0 saturated heterocycles. The van der Waals surface area contributed by atoms with Crippen LogP contribution in [0.3, 0.4) is 0 Å². The summed E-state index contributed by atoms with van der Waals surface area (Å²) in [5.41, 5.74) is 2.15. The lowest BCUT2D eigenvalue weighted by Gasteiger charge is -2.12. The van der Waals surface area contributed by atoms with Crippen LogP contribution in [0.25, 0.3) is 0 Å². The predicted molar refractivity (Wildman–Crippen MR) is 81.7 cm³/mol. The second-order valence-electron chi connectivity index (χ2n) is 5.00. The number of benzene rings is 1. The topological polar surface area (TPSA) is 62.2 Å². The minimum absolute atomic E-state index is 0.0427. The van der Waals surface area contributed by atoms with E-state index in [0.29, 0.717) is 19.3 Å². The molecule has 110 valence electrons. The van der Waals surface area contributed by atoms with E-state index in [1.165, 1.54) is 0 Å². The molecular weight excluding hydrogens is 264 g/mol. The number of hydrogen-bond acceptors (Lipinski definition) is 3. The van der Waals surface area contributed by atoms with Crippen LogP contribution in [0.1, 0.15) is 17.5 Å². The molecule has 4 nitrogen and oxygen atoms in total. The van der Waals surface area contributed by atoms with Crippen molar-refractivity contribution >= 4 is 5.91 Å². The van der Waals surface area contributed by atoms with Crippen LogP contribution < -0.4 is 5.32 Å². The summed E-state index contributed by atoms with van der Waals surface area (Å²) in [6.07, 6.45) is 4.53. The van der Waals surface area contributed by atoms with E-state index in [0.717, 1.165) is 11.1 Å².